The van der Waals surface area contributed by atoms with Crippen LogP contribution in [0.4, 0.5) is 32.6 Å². The van der Waals surface area contributed by atoms with Gasteiger partial charge in [0.15, 0.2) is 5.82 Å². The molecule has 0 bridgehead atoms. The lowest BCUT2D eigenvalue weighted by atomic mass is 10.0. The van der Waals surface area contributed by atoms with Gasteiger partial charge in [-0.05, 0) is 32.2 Å². The van der Waals surface area contributed by atoms with Gasteiger partial charge in [0.25, 0.3) is 0 Å². The molecule has 2 aromatic heterocycles. The molecule has 2 aromatic carbocycles. The van der Waals surface area contributed by atoms with Crippen molar-refractivity contribution in [1.29, 1.82) is 5.26 Å². The molecule has 0 spiro atoms. The van der Waals surface area contributed by atoms with Gasteiger partial charge in [-0.15, -0.1) is 0 Å². The Bertz CT molecular complexity index is 1790. The third-order valence-electron chi connectivity index (χ3n) is 6.85. The van der Waals surface area contributed by atoms with Crippen LogP contribution in [0.5, 0.6) is 0 Å². The van der Waals surface area contributed by atoms with E-state index in [2.05, 4.69) is 15.0 Å². The number of anilines is 1. The van der Waals surface area contributed by atoms with E-state index < -0.39 is 46.9 Å². The first-order valence-corrected chi connectivity index (χ1v) is 13.5. The van der Waals surface area contributed by atoms with Gasteiger partial charge in [-0.25, -0.2) is 23.5 Å². The van der Waals surface area contributed by atoms with E-state index in [4.69, 9.17) is 16.3 Å². The number of hydrogen-bond donors (Lipinski definition) is 0. The third-order valence-corrected chi connectivity index (χ3v) is 7.21. The summed E-state index contributed by atoms with van der Waals surface area (Å²) in [5.74, 6) is -3.78. The first kappa shape index (κ1) is 30.2. The van der Waals surface area contributed by atoms with Gasteiger partial charge in [-0.3, -0.25) is 4.98 Å². The Hall–Kier alpha value is -4.31. The molecule has 0 radical (unpaired) electrons. The van der Waals surface area contributed by atoms with Gasteiger partial charge in [-0.2, -0.15) is 18.4 Å². The number of halogens is 6. The largest absolute Gasteiger partial charge is 0.451 e. The van der Waals surface area contributed by atoms with Gasteiger partial charge in [0.2, 0.25) is 5.82 Å². The smallest absolute Gasteiger partial charge is 0.444 e. The van der Waals surface area contributed by atoms with Gasteiger partial charge >= 0.3 is 12.3 Å². The van der Waals surface area contributed by atoms with E-state index in [1.807, 2.05) is 6.07 Å². The minimum absolute atomic E-state index is 0.00215. The Kier molecular flexibility index (Phi) is 7.77. The number of carbonyl (C=O) groups excluding carboxylic acids is 1. The summed E-state index contributed by atoms with van der Waals surface area (Å²) < 4.78 is 77.9. The second-order valence-corrected chi connectivity index (χ2v) is 11.3. The molecule has 1 aliphatic rings. The van der Waals surface area contributed by atoms with Crippen molar-refractivity contribution in [3.63, 3.8) is 0 Å². The van der Waals surface area contributed by atoms with Crippen molar-refractivity contribution >= 4 is 45.2 Å². The zero-order chi connectivity index (χ0) is 31.3. The minimum Gasteiger partial charge on any atom is -0.444 e. The van der Waals surface area contributed by atoms with E-state index in [0.717, 1.165) is 12.3 Å². The first-order chi connectivity index (χ1) is 20.2. The van der Waals surface area contributed by atoms with Crippen LogP contribution in [0.3, 0.4) is 0 Å². The molecule has 1 saturated heterocycles. The highest BCUT2D eigenvalue weighted by Gasteiger charge is 2.39. The van der Waals surface area contributed by atoms with Gasteiger partial charge in [0, 0.05) is 36.8 Å². The molecule has 1 aliphatic heterocycles. The Balaban J connectivity index is 1.64. The Morgan fingerprint density at radius 3 is 2.56 bits per heavy atom. The molecule has 43 heavy (non-hydrogen) atoms. The SMILES string of the molecule is CC(C)(C)OC(=O)N1CCN(c2nc(C(F)(F)F)nc3c(F)c(-c4cccc5ccc(F)c(Cl)c45)ncc23)C[C@@H]1CC#N. The fourth-order valence-corrected chi connectivity index (χ4v) is 5.27. The van der Waals surface area contributed by atoms with Crippen molar-refractivity contribution in [2.24, 2.45) is 0 Å². The highest BCUT2D eigenvalue weighted by Crippen LogP contribution is 2.39. The number of carbonyl (C=O) groups is 1. The molecule has 3 heterocycles. The van der Waals surface area contributed by atoms with Crippen LogP contribution in [0.1, 0.15) is 33.0 Å². The van der Waals surface area contributed by atoms with Crippen molar-refractivity contribution in [3.8, 4) is 17.3 Å². The molecule has 0 saturated carbocycles. The summed E-state index contributed by atoms with van der Waals surface area (Å²) in [4.78, 5) is 27.0. The number of benzene rings is 2. The van der Waals surface area contributed by atoms with Crippen LogP contribution in [0.25, 0.3) is 32.9 Å². The molecule has 4 aromatic rings. The maximum Gasteiger partial charge on any atom is 0.451 e. The van der Waals surface area contributed by atoms with E-state index in [0.29, 0.717) is 5.39 Å². The number of aromatic nitrogens is 3. The molecular weight excluding hydrogens is 595 g/mol. The Morgan fingerprint density at radius 2 is 1.88 bits per heavy atom. The molecule has 5 rings (SSSR count). The van der Waals surface area contributed by atoms with Crippen LogP contribution in [0.15, 0.2) is 36.5 Å². The van der Waals surface area contributed by atoms with Crippen molar-refractivity contribution in [3.05, 3.63) is 59.0 Å². The molecule has 1 atom stereocenters. The monoisotopic (exact) mass is 618 g/mol. The molecule has 0 unspecified atom stereocenters. The van der Waals surface area contributed by atoms with Gasteiger partial charge in [0.1, 0.15) is 28.4 Å². The number of rotatable bonds is 3. The number of nitrogens with zero attached hydrogens (tertiary/aromatic N) is 6. The summed E-state index contributed by atoms with van der Waals surface area (Å²) in [5.41, 5.74) is -1.77. The Labute approximate surface area is 247 Å². The lowest BCUT2D eigenvalue weighted by Gasteiger charge is -2.41. The van der Waals surface area contributed by atoms with Crippen molar-refractivity contribution < 1.29 is 31.5 Å². The minimum atomic E-state index is -5.03. The van der Waals surface area contributed by atoms with Crippen molar-refractivity contribution in [1.82, 2.24) is 19.9 Å². The van der Waals surface area contributed by atoms with Gasteiger partial charge in [0.05, 0.1) is 28.9 Å². The van der Waals surface area contributed by atoms with E-state index >= 15 is 4.39 Å². The summed E-state index contributed by atoms with van der Waals surface area (Å²) in [6, 6.07) is 8.44. The fraction of sp³-hybridized carbons (Fsp3) is 0.345. The predicted octanol–water partition coefficient (Wildman–Crippen LogP) is 7.13. The maximum absolute atomic E-state index is 16.2. The van der Waals surface area contributed by atoms with Crippen LogP contribution < -0.4 is 4.90 Å². The summed E-state index contributed by atoms with van der Waals surface area (Å²) in [6.07, 6.45) is -4.69. The number of hydrogen-bond acceptors (Lipinski definition) is 7. The molecule has 0 aliphatic carbocycles. The molecular formula is C29H24ClF5N6O2. The van der Waals surface area contributed by atoms with Crippen LogP contribution in [-0.2, 0) is 10.9 Å². The summed E-state index contributed by atoms with van der Waals surface area (Å²) >= 11 is 6.21. The van der Waals surface area contributed by atoms with Crippen LogP contribution in [-0.4, -0.2) is 57.2 Å². The number of alkyl halides is 3. The zero-order valence-corrected chi connectivity index (χ0v) is 23.9. The normalized spacial score (nSPS) is 16.0. The van der Waals surface area contributed by atoms with Crippen LogP contribution in [0.2, 0.25) is 5.02 Å². The first-order valence-electron chi connectivity index (χ1n) is 13.1. The highest BCUT2D eigenvalue weighted by atomic mass is 35.5. The lowest BCUT2D eigenvalue weighted by molar-refractivity contribution is -0.144. The summed E-state index contributed by atoms with van der Waals surface area (Å²) in [7, 11) is 0. The van der Waals surface area contributed by atoms with Gasteiger partial charge in [-0.1, -0.05) is 35.9 Å². The second kappa shape index (κ2) is 11.1. The van der Waals surface area contributed by atoms with Crippen LogP contribution in [0, 0.1) is 23.0 Å². The molecule has 14 heteroatoms. The molecule has 0 N–H and O–H groups in total. The van der Waals surface area contributed by atoms with Gasteiger partial charge < -0.3 is 14.5 Å². The number of piperazine rings is 1. The molecule has 8 nitrogen and oxygen atoms in total. The van der Waals surface area contributed by atoms with Crippen LogP contribution >= 0.6 is 11.6 Å². The van der Waals surface area contributed by atoms with Crippen molar-refractivity contribution in [2.45, 2.75) is 45.0 Å². The standard InChI is InChI=1S/C29H24ClF5N6O2/c1-28(2,3)43-27(42)41-12-11-40(14-16(41)9-10-36)25-18-13-37-23(22(32)24(18)38-26(39-25)29(33,34)35)17-6-4-5-15-7-8-19(31)21(30)20(15)17/h4-8,13,16H,9,11-12,14H2,1-3H3/t16-/m0/s1. The number of ether oxygens (including phenoxy) is 1. The maximum atomic E-state index is 16.2. The average Bonchev–Trinajstić information content (AvgIpc) is 2.93. The summed E-state index contributed by atoms with van der Waals surface area (Å²) in [6.45, 7) is 4.98. The lowest BCUT2D eigenvalue weighted by Crippen LogP contribution is -2.56. The topological polar surface area (TPSA) is 95.2 Å². The number of pyridine rings is 1. The third kappa shape index (κ3) is 5.84. The quantitative estimate of drug-likeness (QED) is 0.225. The van der Waals surface area contributed by atoms with E-state index in [-0.39, 0.29) is 58.9 Å². The predicted molar refractivity (Wildman–Crippen MR) is 149 cm³/mol. The zero-order valence-electron chi connectivity index (χ0n) is 23.1. The number of fused-ring (bicyclic) bond motifs is 2. The average molecular weight is 619 g/mol. The number of nitriles is 1. The highest BCUT2D eigenvalue weighted by molar-refractivity contribution is 6.36. The molecule has 1 amide bonds. The Morgan fingerprint density at radius 1 is 1.14 bits per heavy atom. The number of amides is 1. The van der Waals surface area contributed by atoms with E-state index in [9.17, 15) is 27.6 Å². The van der Waals surface area contributed by atoms with E-state index in [1.54, 1.807) is 32.9 Å². The molecule has 224 valence electrons. The summed E-state index contributed by atoms with van der Waals surface area (Å²) in [5, 5.41) is 9.60. The second-order valence-electron chi connectivity index (χ2n) is 11.0. The van der Waals surface area contributed by atoms with E-state index in [1.165, 1.54) is 21.9 Å². The fourth-order valence-electron chi connectivity index (χ4n) is 4.99. The van der Waals surface area contributed by atoms with Crippen molar-refractivity contribution in [2.75, 3.05) is 24.5 Å². The molecule has 1 fully saturated rings.